The van der Waals surface area contributed by atoms with E-state index in [0.29, 0.717) is 6.04 Å². The third-order valence-corrected chi connectivity index (χ3v) is 5.18. The summed E-state index contributed by atoms with van der Waals surface area (Å²) in [5.41, 5.74) is 2.72. The summed E-state index contributed by atoms with van der Waals surface area (Å²) in [6.07, 6.45) is 8.68. The van der Waals surface area contributed by atoms with Crippen molar-refractivity contribution < 1.29 is 4.74 Å². The van der Waals surface area contributed by atoms with Gasteiger partial charge in [0.1, 0.15) is 5.82 Å². The minimum atomic E-state index is 0.570. The highest BCUT2D eigenvalue weighted by Gasteiger charge is 2.24. The van der Waals surface area contributed by atoms with Gasteiger partial charge in [0.15, 0.2) is 0 Å². The summed E-state index contributed by atoms with van der Waals surface area (Å²) < 4.78 is 5.46. The first kappa shape index (κ1) is 16.7. The van der Waals surface area contributed by atoms with E-state index in [9.17, 15) is 0 Å². The molecule has 0 radical (unpaired) electrons. The van der Waals surface area contributed by atoms with Crippen molar-refractivity contribution in [1.29, 1.82) is 0 Å². The number of pyridine rings is 1. The number of aromatic nitrogens is 1. The van der Waals surface area contributed by atoms with Crippen LogP contribution in [0.2, 0.25) is 0 Å². The molecule has 2 saturated heterocycles. The molecule has 0 amide bonds. The number of hydrogen-bond donors (Lipinski definition) is 0. The number of rotatable bonds is 5. The van der Waals surface area contributed by atoms with E-state index in [1.807, 2.05) is 0 Å². The van der Waals surface area contributed by atoms with Crippen LogP contribution in [0.4, 0.5) is 5.82 Å². The molecule has 1 atom stereocenters. The average Bonchev–Trinajstić information content (AvgIpc) is 2.61. The Balaban J connectivity index is 1.75. The number of aryl methyl sites for hydroxylation is 1. The molecular formula is C19H31N3O. The van der Waals surface area contributed by atoms with Crippen molar-refractivity contribution in [3.8, 4) is 0 Å². The van der Waals surface area contributed by atoms with Gasteiger partial charge < -0.3 is 9.64 Å². The molecule has 2 fully saturated rings. The number of piperidine rings is 1. The molecule has 0 saturated carbocycles. The molecule has 3 rings (SSSR count). The molecule has 3 heterocycles. The molecular weight excluding hydrogens is 286 g/mol. The molecule has 1 aromatic heterocycles. The second-order valence-corrected chi connectivity index (χ2v) is 6.91. The molecule has 4 nitrogen and oxygen atoms in total. The van der Waals surface area contributed by atoms with Gasteiger partial charge in [-0.15, -0.1) is 0 Å². The van der Waals surface area contributed by atoms with Crippen LogP contribution in [0.25, 0.3) is 0 Å². The number of ether oxygens (including phenoxy) is 1. The highest BCUT2D eigenvalue weighted by molar-refractivity contribution is 5.48. The number of anilines is 1. The fraction of sp³-hybridized carbons (Fsp3) is 0.737. The average molecular weight is 317 g/mol. The lowest BCUT2D eigenvalue weighted by Crippen LogP contribution is -2.37. The van der Waals surface area contributed by atoms with Gasteiger partial charge in [0, 0.05) is 25.3 Å². The van der Waals surface area contributed by atoms with Crippen molar-refractivity contribution in [3.05, 3.63) is 23.4 Å². The van der Waals surface area contributed by atoms with Crippen LogP contribution in [0.15, 0.2) is 12.3 Å². The SMILES string of the molecule is CCCCN1CCCC[C@@H]1c1cnc(N2CCOCC2)c(C)c1. The lowest BCUT2D eigenvalue weighted by molar-refractivity contribution is 0.122. The second-order valence-electron chi connectivity index (χ2n) is 6.91. The topological polar surface area (TPSA) is 28.6 Å². The van der Waals surface area contributed by atoms with Crippen molar-refractivity contribution in [2.24, 2.45) is 0 Å². The zero-order valence-corrected chi connectivity index (χ0v) is 14.8. The summed E-state index contributed by atoms with van der Waals surface area (Å²) in [6, 6.07) is 2.95. The molecule has 0 bridgehead atoms. The maximum absolute atomic E-state index is 5.46. The Morgan fingerprint density at radius 2 is 2.04 bits per heavy atom. The number of hydrogen-bond acceptors (Lipinski definition) is 4. The Morgan fingerprint density at radius 3 is 2.78 bits per heavy atom. The van der Waals surface area contributed by atoms with Gasteiger partial charge >= 0.3 is 0 Å². The van der Waals surface area contributed by atoms with E-state index in [2.05, 4.69) is 35.9 Å². The fourth-order valence-electron chi connectivity index (χ4n) is 3.88. The second kappa shape index (κ2) is 8.11. The van der Waals surface area contributed by atoms with Gasteiger partial charge in [-0.2, -0.15) is 0 Å². The first-order chi connectivity index (χ1) is 11.3. The largest absolute Gasteiger partial charge is 0.378 e. The van der Waals surface area contributed by atoms with Crippen LogP contribution in [0.1, 0.15) is 56.2 Å². The molecule has 2 aliphatic heterocycles. The third kappa shape index (κ3) is 4.04. The predicted octanol–water partition coefficient (Wildman–Crippen LogP) is 3.55. The number of nitrogens with zero attached hydrogens (tertiary/aromatic N) is 3. The predicted molar refractivity (Wildman–Crippen MR) is 95.1 cm³/mol. The lowest BCUT2D eigenvalue weighted by atomic mass is 9.95. The summed E-state index contributed by atoms with van der Waals surface area (Å²) in [6.45, 7) is 10.5. The van der Waals surface area contributed by atoms with Crippen molar-refractivity contribution >= 4 is 5.82 Å². The van der Waals surface area contributed by atoms with Gasteiger partial charge in [0.05, 0.1) is 13.2 Å². The summed E-state index contributed by atoms with van der Waals surface area (Å²) in [4.78, 5) is 9.87. The van der Waals surface area contributed by atoms with E-state index in [-0.39, 0.29) is 0 Å². The van der Waals surface area contributed by atoms with Gasteiger partial charge in [-0.1, -0.05) is 19.8 Å². The Morgan fingerprint density at radius 1 is 1.22 bits per heavy atom. The van der Waals surface area contributed by atoms with Crippen molar-refractivity contribution in [2.45, 2.75) is 52.0 Å². The molecule has 0 aromatic carbocycles. The van der Waals surface area contributed by atoms with Crippen LogP contribution in [-0.2, 0) is 4.74 Å². The van der Waals surface area contributed by atoms with Gasteiger partial charge in [-0.25, -0.2) is 4.98 Å². The van der Waals surface area contributed by atoms with Crippen LogP contribution >= 0.6 is 0 Å². The highest BCUT2D eigenvalue weighted by atomic mass is 16.5. The van der Waals surface area contributed by atoms with E-state index in [0.717, 1.165) is 32.1 Å². The Kier molecular flexibility index (Phi) is 5.90. The van der Waals surface area contributed by atoms with E-state index in [1.54, 1.807) is 0 Å². The highest BCUT2D eigenvalue weighted by Crippen LogP contribution is 2.32. The molecule has 0 aliphatic carbocycles. The number of unbranched alkanes of at least 4 members (excludes halogenated alkanes) is 1. The molecule has 0 N–H and O–H groups in total. The smallest absolute Gasteiger partial charge is 0.131 e. The van der Waals surface area contributed by atoms with Gasteiger partial charge in [-0.05, 0) is 56.5 Å². The first-order valence-electron chi connectivity index (χ1n) is 9.33. The normalized spacial score (nSPS) is 23.2. The van der Waals surface area contributed by atoms with Gasteiger partial charge in [-0.3, -0.25) is 4.90 Å². The number of likely N-dealkylation sites (tertiary alicyclic amines) is 1. The molecule has 0 unspecified atom stereocenters. The van der Waals surface area contributed by atoms with Crippen LogP contribution < -0.4 is 4.90 Å². The standard InChI is InChI=1S/C19H31N3O/c1-3-4-8-21-9-6-5-7-18(21)17-14-16(2)19(20-15-17)22-10-12-23-13-11-22/h14-15,18H,3-13H2,1-2H3/t18-/m1/s1. The summed E-state index contributed by atoms with van der Waals surface area (Å²) in [5, 5.41) is 0. The zero-order valence-electron chi connectivity index (χ0n) is 14.8. The maximum Gasteiger partial charge on any atom is 0.131 e. The van der Waals surface area contributed by atoms with Crippen LogP contribution in [0, 0.1) is 6.92 Å². The van der Waals surface area contributed by atoms with E-state index < -0.39 is 0 Å². The van der Waals surface area contributed by atoms with Crippen LogP contribution in [-0.4, -0.2) is 49.3 Å². The molecule has 128 valence electrons. The van der Waals surface area contributed by atoms with Crippen molar-refractivity contribution in [1.82, 2.24) is 9.88 Å². The molecule has 23 heavy (non-hydrogen) atoms. The Hall–Kier alpha value is -1.13. The summed E-state index contributed by atoms with van der Waals surface area (Å²) in [7, 11) is 0. The Labute approximate surface area is 140 Å². The van der Waals surface area contributed by atoms with Gasteiger partial charge in [0.25, 0.3) is 0 Å². The molecule has 4 heteroatoms. The van der Waals surface area contributed by atoms with Crippen LogP contribution in [0.5, 0.6) is 0 Å². The maximum atomic E-state index is 5.46. The zero-order chi connectivity index (χ0) is 16.1. The molecule has 1 aromatic rings. The quantitative estimate of drug-likeness (QED) is 0.830. The summed E-state index contributed by atoms with van der Waals surface area (Å²) >= 11 is 0. The van der Waals surface area contributed by atoms with Gasteiger partial charge in [0.2, 0.25) is 0 Å². The fourth-order valence-corrected chi connectivity index (χ4v) is 3.88. The first-order valence-corrected chi connectivity index (χ1v) is 9.33. The van der Waals surface area contributed by atoms with E-state index in [4.69, 9.17) is 9.72 Å². The third-order valence-electron chi connectivity index (χ3n) is 5.18. The monoisotopic (exact) mass is 317 g/mol. The van der Waals surface area contributed by atoms with Crippen molar-refractivity contribution in [2.75, 3.05) is 44.3 Å². The van der Waals surface area contributed by atoms with Crippen LogP contribution in [0.3, 0.4) is 0 Å². The van der Waals surface area contributed by atoms with E-state index in [1.165, 1.54) is 56.3 Å². The Bertz CT molecular complexity index is 499. The number of morpholine rings is 1. The lowest BCUT2D eigenvalue weighted by Gasteiger charge is -2.36. The minimum absolute atomic E-state index is 0.570. The van der Waals surface area contributed by atoms with E-state index >= 15 is 0 Å². The molecule has 2 aliphatic rings. The minimum Gasteiger partial charge on any atom is -0.378 e. The summed E-state index contributed by atoms with van der Waals surface area (Å²) in [5.74, 6) is 1.15. The molecule has 0 spiro atoms. The van der Waals surface area contributed by atoms with Crippen molar-refractivity contribution in [3.63, 3.8) is 0 Å².